The Balaban J connectivity index is 1.48. The molecule has 0 aliphatic carbocycles. The third kappa shape index (κ3) is 4.83. The predicted molar refractivity (Wildman–Crippen MR) is 119 cm³/mol. The van der Waals surface area contributed by atoms with E-state index in [1.165, 1.54) is 18.9 Å². The summed E-state index contributed by atoms with van der Waals surface area (Å²) in [6.07, 6.45) is -0.0172. The maximum absolute atomic E-state index is 12.7. The summed E-state index contributed by atoms with van der Waals surface area (Å²) in [5.41, 5.74) is 2.24. The average Bonchev–Trinajstić information content (AvgIpc) is 2.80. The van der Waals surface area contributed by atoms with Crippen LogP contribution in [0.3, 0.4) is 0 Å². The molecule has 0 bridgehead atoms. The van der Waals surface area contributed by atoms with E-state index in [9.17, 15) is 14.4 Å². The molecule has 0 spiro atoms. The zero-order chi connectivity index (χ0) is 21.8. The number of nitrogens with one attached hydrogen (secondary N) is 2. The molecule has 1 atom stereocenters. The summed E-state index contributed by atoms with van der Waals surface area (Å²) < 4.78 is 10.3. The second-order valence-corrected chi connectivity index (χ2v) is 8.41. The van der Waals surface area contributed by atoms with E-state index in [1.807, 2.05) is 30.3 Å². The van der Waals surface area contributed by atoms with Crippen molar-refractivity contribution >= 4 is 46.6 Å². The number of nitrogens with zero attached hydrogens (tertiary/aromatic N) is 1. The molecule has 8 nitrogen and oxygen atoms in total. The SMILES string of the molecule is COC(=O)c1cc(N2CCOCC2)ccc1NC(=O)CC1Sc2ccccc2NC1=O. The fourth-order valence-corrected chi connectivity index (χ4v) is 4.65. The standard InChI is InChI=1S/C22H23N3O5S/c1-29-22(28)15-12-14(25-8-10-30-11-9-25)6-7-16(15)23-20(26)13-19-21(27)24-17-4-2-3-5-18(17)31-19/h2-7,12,19H,8-11,13H2,1H3,(H,23,26)(H,24,27). The maximum Gasteiger partial charge on any atom is 0.340 e. The Morgan fingerprint density at radius 1 is 1.23 bits per heavy atom. The van der Waals surface area contributed by atoms with Gasteiger partial charge in [-0.2, -0.15) is 0 Å². The lowest BCUT2D eigenvalue weighted by molar-refractivity contribution is -0.120. The average molecular weight is 442 g/mol. The molecule has 1 fully saturated rings. The van der Waals surface area contributed by atoms with Crippen LogP contribution in [0.4, 0.5) is 17.1 Å². The van der Waals surface area contributed by atoms with Crippen LogP contribution in [-0.2, 0) is 19.1 Å². The first-order chi connectivity index (χ1) is 15.0. The summed E-state index contributed by atoms with van der Waals surface area (Å²) in [5.74, 6) is -1.10. The molecule has 2 aromatic carbocycles. The molecule has 4 rings (SSSR count). The van der Waals surface area contributed by atoms with Gasteiger partial charge in [-0.15, -0.1) is 11.8 Å². The van der Waals surface area contributed by atoms with Crippen molar-refractivity contribution in [2.75, 3.05) is 48.9 Å². The van der Waals surface area contributed by atoms with Crippen molar-refractivity contribution in [2.45, 2.75) is 16.6 Å². The summed E-state index contributed by atoms with van der Waals surface area (Å²) in [6, 6.07) is 12.7. The third-order valence-electron chi connectivity index (χ3n) is 5.14. The van der Waals surface area contributed by atoms with Gasteiger partial charge in [0.2, 0.25) is 11.8 Å². The Bertz CT molecular complexity index is 1010. The maximum atomic E-state index is 12.7. The molecule has 2 N–H and O–H groups in total. The van der Waals surface area contributed by atoms with Crippen LogP contribution in [0.2, 0.25) is 0 Å². The lowest BCUT2D eigenvalue weighted by atomic mass is 10.1. The first kappa shape index (κ1) is 21.2. The molecule has 0 radical (unpaired) electrons. The van der Waals surface area contributed by atoms with Crippen molar-refractivity contribution < 1.29 is 23.9 Å². The summed E-state index contributed by atoms with van der Waals surface area (Å²) in [6.45, 7) is 2.69. The van der Waals surface area contributed by atoms with Crippen LogP contribution in [0.15, 0.2) is 47.4 Å². The van der Waals surface area contributed by atoms with E-state index >= 15 is 0 Å². The monoisotopic (exact) mass is 441 g/mol. The van der Waals surface area contributed by atoms with Crippen LogP contribution in [0.5, 0.6) is 0 Å². The predicted octanol–water partition coefficient (Wildman–Crippen LogP) is 2.75. The van der Waals surface area contributed by atoms with Gasteiger partial charge in [0.25, 0.3) is 0 Å². The van der Waals surface area contributed by atoms with E-state index < -0.39 is 11.2 Å². The number of methoxy groups -OCH3 is 1. The lowest BCUT2D eigenvalue weighted by Gasteiger charge is -2.29. The van der Waals surface area contributed by atoms with Gasteiger partial charge >= 0.3 is 5.97 Å². The summed E-state index contributed by atoms with van der Waals surface area (Å²) >= 11 is 1.36. The number of amides is 2. The largest absolute Gasteiger partial charge is 0.465 e. The lowest BCUT2D eigenvalue weighted by Crippen LogP contribution is -2.36. The Morgan fingerprint density at radius 3 is 2.77 bits per heavy atom. The number of hydrogen-bond acceptors (Lipinski definition) is 7. The van der Waals surface area contributed by atoms with Crippen LogP contribution in [0, 0.1) is 0 Å². The van der Waals surface area contributed by atoms with Crippen molar-refractivity contribution in [3.05, 3.63) is 48.0 Å². The number of carbonyl (C=O) groups is 3. The number of rotatable bonds is 5. The normalized spacial score (nSPS) is 18.0. The van der Waals surface area contributed by atoms with E-state index in [4.69, 9.17) is 9.47 Å². The van der Waals surface area contributed by atoms with Gasteiger partial charge in [0.1, 0.15) is 0 Å². The number of morpholine rings is 1. The number of benzene rings is 2. The van der Waals surface area contributed by atoms with Gasteiger partial charge < -0.3 is 25.0 Å². The molecule has 9 heteroatoms. The zero-order valence-electron chi connectivity index (χ0n) is 17.1. The molecule has 31 heavy (non-hydrogen) atoms. The van der Waals surface area contributed by atoms with Crippen molar-refractivity contribution in [1.82, 2.24) is 0 Å². The highest BCUT2D eigenvalue weighted by Crippen LogP contribution is 2.36. The molecule has 2 aliphatic heterocycles. The number of esters is 1. The number of fused-ring (bicyclic) bond motifs is 1. The second kappa shape index (κ2) is 9.40. The Labute approximate surface area is 184 Å². The van der Waals surface area contributed by atoms with Crippen LogP contribution in [0.25, 0.3) is 0 Å². The molecule has 0 aromatic heterocycles. The van der Waals surface area contributed by atoms with E-state index in [2.05, 4.69) is 15.5 Å². The Hall–Kier alpha value is -3.04. The molecule has 2 heterocycles. The van der Waals surface area contributed by atoms with Crippen molar-refractivity contribution in [2.24, 2.45) is 0 Å². The van der Waals surface area contributed by atoms with Crippen molar-refractivity contribution in [3.8, 4) is 0 Å². The van der Waals surface area contributed by atoms with E-state index in [0.717, 1.165) is 29.4 Å². The van der Waals surface area contributed by atoms with Gasteiger partial charge in [0.05, 0.1) is 42.5 Å². The summed E-state index contributed by atoms with van der Waals surface area (Å²) in [4.78, 5) is 40.5. The molecule has 2 amide bonds. The topological polar surface area (TPSA) is 97.0 Å². The molecule has 162 valence electrons. The first-order valence-electron chi connectivity index (χ1n) is 9.96. The second-order valence-electron chi connectivity index (χ2n) is 7.17. The third-order valence-corrected chi connectivity index (χ3v) is 6.41. The van der Waals surface area contributed by atoms with Crippen LogP contribution in [0.1, 0.15) is 16.8 Å². The van der Waals surface area contributed by atoms with E-state index in [1.54, 1.807) is 12.1 Å². The number of para-hydroxylation sites is 1. The van der Waals surface area contributed by atoms with Crippen LogP contribution < -0.4 is 15.5 Å². The molecule has 1 unspecified atom stereocenters. The van der Waals surface area contributed by atoms with Gasteiger partial charge in [0, 0.05) is 30.1 Å². The van der Waals surface area contributed by atoms with Gasteiger partial charge in [-0.1, -0.05) is 12.1 Å². The Morgan fingerprint density at radius 2 is 2.00 bits per heavy atom. The minimum Gasteiger partial charge on any atom is -0.465 e. The van der Waals surface area contributed by atoms with Crippen molar-refractivity contribution in [1.29, 1.82) is 0 Å². The minimum absolute atomic E-state index is 0.0172. The van der Waals surface area contributed by atoms with E-state index in [0.29, 0.717) is 18.9 Å². The molecule has 2 aliphatic rings. The number of ether oxygens (including phenoxy) is 2. The van der Waals surface area contributed by atoms with Crippen LogP contribution >= 0.6 is 11.8 Å². The smallest absolute Gasteiger partial charge is 0.340 e. The highest BCUT2D eigenvalue weighted by molar-refractivity contribution is 8.01. The number of anilines is 3. The summed E-state index contributed by atoms with van der Waals surface area (Å²) in [7, 11) is 1.30. The van der Waals surface area contributed by atoms with Gasteiger partial charge in [0.15, 0.2) is 0 Å². The Kier molecular flexibility index (Phi) is 6.43. The van der Waals surface area contributed by atoms with E-state index in [-0.39, 0.29) is 23.8 Å². The quantitative estimate of drug-likeness (QED) is 0.689. The zero-order valence-corrected chi connectivity index (χ0v) is 17.9. The summed E-state index contributed by atoms with van der Waals surface area (Å²) in [5, 5.41) is 5.05. The highest BCUT2D eigenvalue weighted by Gasteiger charge is 2.29. The molecular formula is C22H23N3O5S. The molecular weight excluding hydrogens is 418 g/mol. The fourth-order valence-electron chi connectivity index (χ4n) is 3.53. The first-order valence-corrected chi connectivity index (χ1v) is 10.8. The molecule has 2 aromatic rings. The number of hydrogen-bond donors (Lipinski definition) is 2. The molecule has 0 saturated carbocycles. The molecule has 1 saturated heterocycles. The number of thioether (sulfide) groups is 1. The fraction of sp³-hybridized carbons (Fsp3) is 0.318. The highest BCUT2D eigenvalue weighted by atomic mass is 32.2. The van der Waals surface area contributed by atoms with Gasteiger partial charge in [-0.3, -0.25) is 9.59 Å². The van der Waals surface area contributed by atoms with Crippen LogP contribution in [-0.4, -0.2) is 56.4 Å². The number of carbonyl (C=O) groups excluding carboxylic acids is 3. The minimum atomic E-state index is -0.552. The van der Waals surface area contributed by atoms with Gasteiger partial charge in [-0.05, 0) is 30.3 Å². The van der Waals surface area contributed by atoms with Crippen molar-refractivity contribution in [3.63, 3.8) is 0 Å². The van der Waals surface area contributed by atoms with Gasteiger partial charge in [-0.25, -0.2) is 4.79 Å².